The Bertz CT molecular complexity index is 720. The van der Waals surface area contributed by atoms with E-state index in [-0.39, 0.29) is 30.5 Å². The van der Waals surface area contributed by atoms with Crippen LogP contribution < -0.4 is 0 Å². The van der Waals surface area contributed by atoms with Gasteiger partial charge in [0.05, 0.1) is 23.7 Å². The average molecular weight is 337 g/mol. The Hall–Kier alpha value is -1.50. The lowest BCUT2D eigenvalue weighted by Crippen LogP contribution is -2.48. The molecule has 1 saturated heterocycles. The first-order chi connectivity index (χ1) is 11.0. The number of amides is 1. The molecular formula is C17H20FNO3S. The molecule has 1 aromatic carbocycles. The van der Waals surface area contributed by atoms with Crippen molar-refractivity contribution < 1.29 is 18.7 Å². The number of halogens is 1. The smallest absolute Gasteiger partial charge is 0.264 e. The second-order valence-corrected chi connectivity index (χ2v) is 6.98. The lowest BCUT2D eigenvalue weighted by molar-refractivity contribution is -0.0585. The number of hydrogen-bond donors (Lipinski definition) is 0. The largest absolute Gasteiger partial charge is 0.380 e. The number of rotatable bonds is 3. The predicted molar refractivity (Wildman–Crippen MR) is 88.4 cm³/mol. The Labute approximate surface area is 138 Å². The zero-order chi connectivity index (χ0) is 16.6. The van der Waals surface area contributed by atoms with Crippen molar-refractivity contribution in [3.63, 3.8) is 0 Å². The first-order valence-corrected chi connectivity index (χ1v) is 8.46. The van der Waals surface area contributed by atoms with E-state index in [2.05, 4.69) is 0 Å². The van der Waals surface area contributed by atoms with Crippen molar-refractivity contribution >= 4 is 27.3 Å². The lowest BCUT2D eigenvalue weighted by atomic mass is 10.1. The van der Waals surface area contributed by atoms with Crippen LogP contribution in [0.4, 0.5) is 4.39 Å². The van der Waals surface area contributed by atoms with Crippen LogP contribution in [-0.2, 0) is 16.1 Å². The van der Waals surface area contributed by atoms with Gasteiger partial charge in [-0.2, -0.15) is 0 Å². The molecular weight excluding hydrogens is 317 g/mol. The number of carbonyl (C=O) groups excluding carboxylic acids is 1. The molecule has 6 heteroatoms. The third-order valence-corrected chi connectivity index (χ3v) is 5.14. The second kappa shape index (κ2) is 6.55. The van der Waals surface area contributed by atoms with Crippen LogP contribution in [-0.4, -0.2) is 43.2 Å². The van der Waals surface area contributed by atoms with Crippen LogP contribution in [0.5, 0.6) is 0 Å². The van der Waals surface area contributed by atoms with Gasteiger partial charge in [0.15, 0.2) is 0 Å². The molecule has 0 saturated carbocycles. The summed E-state index contributed by atoms with van der Waals surface area (Å²) in [6.45, 7) is 5.23. The molecule has 2 aromatic rings. The quantitative estimate of drug-likeness (QED) is 0.861. The van der Waals surface area contributed by atoms with E-state index < -0.39 is 0 Å². The minimum Gasteiger partial charge on any atom is -0.380 e. The summed E-state index contributed by atoms with van der Waals surface area (Å²) in [5.74, 6) is -0.381. The SMILES string of the molecule is COCc1c(C(=O)N2CC(C)OC(C)C2)sc2cccc(F)c12. The number of morpholine rings is 1. The molecule has 1 aliphatic heterocycles. The molecule has 0 aliphatic carbocycles. The van der Waals surface area contributed by atoms with E-state index in [1.54, 1.807) is 18.1 Å². The number of nitrogens with zero attached hydrogens (tertiary/aromatic N) is 1. The maximum atomic E-state index is 14.2. The number of carbonyl (C=O) groups is 1. The minimum atomic E-state index is -0.312. The summed E-state index contributed by atoms with van der Waals surface area (Å²) in [5.41, 5.74) is 0.641. The Morgan fingerprint density at radius 2 is 2.09 bits per heavy atom. The molecule has 3 rings (SSSR count). The van der Waals surface area contributed by atoms with E-state index in [1.165, 1.54) is 17.4 Å². The van der Waals surface area contributed by atoms with E-state index in [9.17, 15) is 9.18 Å². The summed E-state index contributed by atoms with van der Waals surface area (Å²) in [5, 5.41) is 0.497. The van der Waals surface area contributed by atoms with Crippen molar-refractivity contribution in [2.24, 2.45) is 0 Å². The molecule has 4 nitrogen and oxygen atoms in total. The summed E-state index contributed by atoms with van der Waals surface area (Å²) >= 11 is 1.33. The molecule has 0 N–H and O–H groups in total. The molecule has 1 aromatic heterocycles. The van der Waals surface area contributed by atoms with Crippen molar-refractivity contribution in [3.8, 4) is 0 Å². The van der Waals surface area contributed by atoms with Gasteiger partial charge in [0, 0.05) is 35.8 Å². The molecule has 0 spiro atoms. The molecule has 2 atom stereocenters. The summed E-state index contributed by atoms with van der Waals surface area (Å²) in [6, 6.07) is 4.92. The molecule has 2 unspecified atom stereocenters. The van der Waals surface area contributed by atoms with Crippen LogP contribution in [0.2, 0.25) is 0 Å². The zero-order valence-electron chi connectivity index (χ0n) is 13.5. The predicted octanol–water partition coefficient (Wildman–Crippen LogP) is 3.44. The topological polar surface area (TPSA) is 38.8 Å². The Kier molecular flexibility index (Phi) is 4.66. The van der Waals surface area contributed by atoms with Crippen molar-refractivity contribution in [1.82, 2.24) is 4.90 Å². The van der Waals surface area contributed by atoms with Crippen LogP contribution in [0.1, 0.15) is 29.1 Å². The molecule has 1 aliphatic rings. The normalized spacial score (nSPS) is 21.8. The van der Waals surface area contributed by atoms with Crippen molar-refractivity contribution in [2.45, 2.75) is 32.7 Å². The number of thiophene rings is 1. The zero-order valence-corrected chi connectivity index (χ0v) is 14.3. The maximum absolute atomic E-state index is 14.2. The highest BCUT2D eigenvalue weighted by atomic mass is 32.1. The van der Waals surface area contributed by atoms with Crippen molar-refractivity contribution in [2.75, 3.05) is 20.2 Å². The van der Waals surface area contributed by atoms with Gasteiger partial charge in [-0.25, -0.2) is 4.39 Å². The molecule has 0 radical (unpaired) electrons. The minimum absolute atomic E-state index is 0.000287. The number of methoxy groups -OCH3 is 1. The number of hydrogen-bond acceptors (Lipinski definition) is 4. The van der Waals surface area contributed by atoms with Gasteiger partial charge < -0.3 is 14.4 Å². The Morgan fingerprint density at radius 3 is 2.74 bits per heavy atom. The highest BCUT2D eigenvalue weighted by molar-refractivity contribution is 7.21. The second-order valence-electron chi connectivity index (χ2n) is 5.92. The monoisotopic (exact) mass is 337 g/mol. The third-order valence-electron chi connectivity index (χ3n) is 3.95. The molecule has 0 bridgehead atoms. The van der Waals surface area contributed by atoms with Gasteiger partial charge in [-0.3, -0.25) is 4.79 Å². The van der Waals surface area contributed by atoms with Crippen LogP contribution in [0.3, 0.4) is 0 Å². The van der Waals surface area contributed by atoms with Gasteiger partial charge >= 0.3 is 0 Å². The third kappa shape index (κ3) is 3.11. The van der Waals surface area contributed by atoms with Crippen LogP contribution >= 0.6 is 11.3 Å². The standard InChI is InChI=1S/C17H20FNO3S/c1-10-7-19(8-11(2)22-10)17(20)16-12(9-21-3)15-13(18)5-4-6-14(15)23-16/h4-6,10-11H,7-9H2,1-3H3. The molecule has 1 fully saturated rings. The van der Waals surface area contributed by atoms with Gasteiger partial charge in [-0.15, -0.1) is 11.3 Å². The average Bonchev–Trinajstić information content (AvgIpc) is 2.86. The summed E-state index contributed by atoms with van der Waals surface area (Å²) in [4.78, 5) is 15.3. The fourth-order valence-corrected chi connectivity index (χ4v) is 4.30. The van der Waals surface area contributed by atoms with Crippen molar-refractivity contribution in [1.29, 1.82) is 0 Å². The van der Waals surface area contributed by atoms with Gasteiger partial charge in [0.2, 0.25) is 0 Å². The highest BCUT2D eigenvalue weighted by Gasteiger charge is 2.30. The fourth-order valence-electron chi connectivity index (χ4n) is 3.11. The Balaban J connectivity index is 2.03. The highest BCUT2D eigenvalue weighted by Crippen LogP contribution is 2.35. The van der Waals surface area contributed by atoms with Crippen molar-refractivity contribution in [3.05, 3.63) is 34.5 Å². The lowest BCUT2D eigenvalue weighted by Gasteiger charge is -2.35. The van der Waals surface area contributed by atoms with Crippen LogP contribution in [0, 0.1) is 5.82 Å². The number of fused-ring (bicyclic) bond motifs is 1. The van der Waals surface area contributed by atoms with E-state index in [4.69, 9.17) is 9.47 Å². The van der Waals surface area contributed by atoms with Gasteiger partial charge in [-0.05, 0) is 26.0 Å². The number of benzene rings is 1. The summed E-state index contributed by atoms with van der Waals surface area (Å²) in [7, 11) is 1.55. The first-order valence-electron chi connectivity index (χ1n) is 7.64. The van der Waals surface area contributed by atoms with E-state index in [0.717, 1.165) is 4.70 Å². The van der Waals surface area contributed by atoms with E-state index >= 15 is 0 Å². The van der Waals surface area contributed by atoms with Gasteiger partial charge in [0.25, 0.3) is 5.91 Å². The first kappa shape index (κ1) is 16.4. The van der Waals surface area contributed by atoms with E-state index in [0.29, 0.717) is 28.9 Å². The Morgan fingerprint density at radius 1 is 1.39 bits per heavy atom. The number of ether oxygens (including phenoxy) is 2. The molecule has 124 valence electrons. The summed E-state index contributed by atoms with van der Waals surface area (Å²) in [6.07, 6.45) is -0.000575. The van der Waals surface area contributed by atoms with Crippen LogP contribution in [0.15, 0.2) is 18.2 Å². The summed E-state index contributed by atoms with van der Waals surface area (Å²) < 4.78 is 25.9. The van der Waals surface area contributed by atoms with Gasteiger partial charge in [-0.1, -0.05) is 6.07 Å². The fraction of sp³-hybridized carbons (Fsp3) is 0.471. The molecule has 23 heavy (non-hydrogen) atoms. The molecule has 2 heterocycles. The van der Waals surface area contributed by atoms with Crippen LogP contribution in [0.25, 0.3) is 10.1 Å². The maximum Gasteiger partial charge on any atom is 0.264 e. The van der Waals surface area contributed by atoms with E-state index in [1.807, 2.05) is 19.9 Å². The molecule has 1 amide bonds. The van der Waals surface area contributed by atoms with Gasteiger partial charge in [0.1, 0.15) is 5.82 Å².